The number of hydrogen-bond donors (Lipinski definition) is 2. The summed E-state index contributed by atoms with van der Waals surface area (Å²) in [7, 11) is -3.11. The van der Waals surface area contributed by atoms with E-state index in [1.807, 2.05) is 0 Å². The predicted octanol–water partition coefficient (Wildman–Crippen LogP) is 0.272. The lowest BCUT2D eigenvalue weighted by Crippen LogP contribution is -2.36. The topological polar surface area (TPSA) is 58.2 Å². The van der Waals surface area contributed by atoms with E-state index in [0.29, 0.717) is 18.2 Å². The van der Waals surface area contributed by atoms with E-state index in [1.165, 1.54) is 0 Å². The second-order valence-corrected chi connectivity index (χ2v) is 7.08. The van der Waals surface area contributed by atoms with E-state index < -0.39 is 10.0 Å². The van der Waals surface area contributed by atoms with Crippen LogP contribution in [-0.2, 0) is 10.0 Å². The summed E-state index contributed by atoms with van der Waals surface area (Å²) >= 11 is 1.57. The summed E-state index contributed by atoms with van der Waals surface area (Å²) in [5, 5.41) is 3.23. The first-order valence-corrected chi connectivity index (χ1v) is 8.64. The fourth-order valence-corrected chi connectivity index (χ4v) is 3.94. The molecule has 1 rings (SSSR count). The molecule has 0 unspecified atom stereocenters. The van der Waals surface area contributed by atoms with Crippen molar-refractivity contribution in [3.8, 4) is 12.3 Å². The molecule has 2 N–H and O–H groups in total. The average Bonchev–Trinajstić information content (AvgIpc) is 2.29. The Kier molecular flexibility index (Phi) is 6.97. The van der Waals surface area contributed by atoms with Gasteiger partial charge in [-0.25, -0.2) is 13.1 Å². The zero-order valence-corrected chi connectivity index (χ0v) is 11.6. The third kappa shape index (κ3) is 6.94. The molecule has 1 aliphatic rings. The zero-order valence-electron chi connectivity index (χ0n) is 9.94. The van der Waals surface area contributed by atoms with E-state index in [0.717, 1.165) is 31.7 Å². The van der Waals surface area contributed by atoms with Crippen LogP contribution in [0.3, 0.4) is 0 Å². The molecule has 0 bridgehead atoms. The highest BCUT2D eigenvalue weighted by atomic mass is 32.2. The molecule has 1 fully saturated rings. The Bertz CT molecular complexity index is 343. The fraction of sp³-hybridized carbons (Fsp3) is 0.818. The molecule has 1 aliphatic heterocycles. The first-order valence-electron chi connectivity index (χ1n) is 5.83. The van der Waals surface area contributed by atoms with Crippen molar-refractivity contribution in [1.29, 1.82) is 0 Å². The van der Waals surface area contributed by atoms with Gasteiger partial charge < -0.3 is 5.32 Å². The smallest absolute Gasteiger partial charge is 0.211 e. The molecule has 1 saturated heterocycles. The van der Waals surface area contributed by atoms with Gasteiger partial charge in [-0.1, -0.05) is 5.92 Å². The fourth-order valence-electron chi connectivity index (χ4n) is 1.82. The minimum absolute atomic E-state index is 0.258. The second-order valence-electron chi connectivity index (χ2n) is 4.13. The lowest BCUT2D eigenvalue weighted by atomic mass is 10.0. The van der Waals surface area contributed by atoms with Crippen molar-refractivity contribution in [3.05, 3.63) is 0 Å². The summed E-state index contributed by atoms with van der Waals surface area (Å²) in [6.45, 7) is 2.33. The van der Waals surface area contributed by atoms with Gasteiger partial charge >= 0.3 is 0 Å². The van der Waals surface area contributed by atoms with Crippen molar-refractivity contribution in [2.75, 3.05) is 36.9 Å². The van der Waals surface area contributed by atoms with Crippen LogP contribution in [0.5, 0.6) is 0 Å². The number of nitrogens with one attached hydrogen (secondary N) is 2. The highest BCUT2D eigenvalue weighted by molar-refractivity contribution is 7.99. The van der Waals surface area contributed by atoms with Crippen LogP contribution in [0.2, 0.25) is 0 Å². The van der Waals surface area contributed by atoms with Gasteiger partial charge in [-0.3, -0.25) is 0 Å². The molecule has 6 heteroatoms. The maximum absolute atomic E-state index is 11.8. The number of hydrogen-bond acceptors (Lipinski definition) is 4. The molecule has 0 aromatic carbocycles. The molecule has 17 heavy (non-hydrogen) atoms. The number of thioether (sulfide) groups is 1. The Morgan fingerprint density at radius 1 is 1.41 bits per heavy atom. The summed E-state index contributed by atoms with van der Waals surface area (Å²) in [5.41, 5.74) is 0. The standard InChI is InChI=1S/C11H20N2O2S2/c1-2-8-16-9-7-13-17(14,15)10-11-3-5-12-6-4-11/h1,11-13H,3-10H2. The number of rotatable bonds is 7. The molecule has 0 amide bonds. The van der Waals surface area contributed by atoms with Crippen LogP contribution < -0.4 is 10.0 Å². The molecule has 4 nitrogen and oxygen atoms in total. The van der Waals surface area contributed by atoms with Crippen LogP contribution in [0.15, 0.2) is 0 Å². The van der Waals surface area contributed by atoms with E-state index in [-0.39, 0.29) is 5.75 Å². The van der Waals surface area contributed by atoms with Crippen LogP contribution in [0, 0.1) is 18.3 Å². The molecule has 1 heterocycles. The van der Waals surface area contributed by atoms with E-state index >= 15 is 0 Å². The largest absolute Gasteiger partial charge is 0.317 e. The van der Waals surface area contributed by atoms with Gasteiger partial charge in [0.15, 0.2) is 0 Å². The minimum atomic E-state index is -3.11. The Morgan fingerprint density at radius 2 is 2.12 bits per heavy atom. The van der Waals surface area contributed by atoms with Crippen molar-refractivity contribution in [2.45, 2.75) is 12.8 Å². The first-order chi connectivity index (χ1) is 8.14. The molecule has 0 aromatic rings. The van der Waals surface area contributed by atoms with Gasteiger partial charge in [0.2, 0.25) is 10.0 Å². The lowest BCUT2D eigenvalue weighted by Gasteiger charge is -2.22. The molecule has 0 aromatic heterocycles. The van der Waals surface area contributed by atoms with Crippen molar-refractivity contribution >= 4 is 21.8 Å². The first kappa shape index (κ1) is 14.8. The SMILES string of the molecule is C#CCSCCNS(=O)(=O)CC1CCNCC1. The summed E-state index contributed by atoms with van der Waals surface area (Å²) in [5.74, 6) is 4.43. The lowest BCUT2D eigenvalue weighted by molar-refractivity contribution is 0.400. The van der Waals surface area contributed by atoms with E-state index in [1.54, 1.807) is 11.8 Å². The molecule has 0 aliphatic carbocycles. The van der Waals surface area contributed by atoms with Gasteiger partial charge in [-0.05, 0) is 31.8 Å². The second kappa shape index (κ2) is 7.98. The summed E-state index contributed by atoms with van der Waals surface area (Å²) in [4.78, 5) is 0. The third-order valence-electron chi connectivity index (χ3n) is 2.67. The van der Waals surface area contributed by atoms with Crippen LogP contribution in [0.25, 0.3) is 0 Å². The molecule has 0 spiro atoms. The van der Waals surface area contributed by atoms with Gasteiger partial charge in [-0.15, -0.1) is 18.2 Å². The van der Waals surface area contributed by atoms with E-state index in [9.17, 15) is 8.42 Å². The zero-order chi connectivity index (χ0) is 12.6. The van der Waals surface area contributed by atoms with Crippen LogP contribution in [0.4, 0.5) is 0 Å². The predicted molar refractivity (Wildman–Crippen MR) is 73.5 cm³/mol. The average molecular weight is 276 g/mol. The normalized spacial score (nSPS) is 17.8. The third-order valence-corrected chi connectivity index (χ3v) is 5.09. The van der Waals surface area contributed by atoms with Gasteiger partial charge in [0, 0.05) is 12.3 Å². The van der Waals surface area contributed by atoms with Crippen molar-refractivity contribution in [3.63, 3.8) is 0 Å². The molecular weight excluding hydrogens is 256 g/mol. The van der Waals surface area contributed by atoms with Crippen LogP contribution >= 0.6 is 11.8 Å². The van der Waals surface area contributed by atoms with Gasteiger partial charge in [0.05, 0.1) is 11.5 Å². The molecular formula is C11H20N2O2S2. The highest BCUT2D eigenvalue weighted by Crippen LogP contribution is 2.13. The summed E-state index contributed by atoms with van der Waals surface area (Å²) < 4.78 is 26.1. The Labute approximate surface area is 108 Å². The van der Waals surface area contributed by atoms with Gasteiger partial charge in [0.25, 0.3) is 0 Å². The Hall–Kier alpha value is -0.220. The maximum atomic E-state index is 11.8. The maximum Gasteiger partial charge on any atom is 0.211 e. The van der Waals surface area contributed by atoms with Crippen molar-refractivity contribution in [1.82, 2.24) is 10.0 Å². The quantitative estimate of drug-likeness (QED) is 0.518. The van der Waals surface area contributed by atoms with E-state index in [2.05, 4.69) is 16.0 Å². The molecule has 0 atom stereocenters. The Morgan fingerprint density at radius 3 is 2.76 bits per heavy atom. The van der Waals surface area contributed by atoms with Crippen molar-refractivity contribution < 1.29 is 8.42 Å². The molecule has 98 valence electrons. The number of terminal acetylenes is 1. The summed E-state index contributed by atoms with van der Waals surface area (Å²) in [6.07, 6.45) is 7.01. The minimum Gasteiger partial charge on any atom is -0.317 e. The van der Waals surface area contributed by atoms with Crippen LogP contribution in [0.1, 0.15) is 12.8 Å². The number of sulfonamides is 1. The number of piperidine rings is 1. The van der Waals surface area contributed by atoms with Crippen molar-refractivity contribution in [2.24, 2.45) is 5.92 Å². The van der Waals surface area contributed by atoms with Gasteiger partial charge in [0.1, 0.15) is 0 Å². The Balaban J connectivity index is 2.19. The van der Waals surface area contributed by atoms with E-state index in [4.69, 9.17) is 6.42 Å². The monoisotopic (exact) mass is 276 g/mol. The van der Waals surface area contributed by atoms with Gasteiger partial charge in [-0.2, -0.15) is 0 Å². The summed E-state index contributed by atoms with van der Waals surface area (Å²) in [6, 6.07) is 0. The molecule has 0 saturated carbocycles. The molecule has 0 radical (unpaired) electrons. The highest BCUT2D eigenvalue weighted by Gasteiger charge is 2.20. The van der Waals surface area contributed by atoms with Crippen LogP contribution in [-0.4, -0.2) is 45.3 Å².